The van der Waals surface area contributed by atoms with Crippen LogP contribution in [0, 0.1) is 0 Å². The van der Waals surface area contributed by atoms with E-state index in [-0.39, 0.29) is 12.1 Å². The minimum Gasteiger partial charge on any atom is -0.488 e. The van der Waals surface area contributed by atoms with Crippen molar-refractivity contribution in [1.82, 2.24) is 9.88 Å². The van der Waals surface area contributed by atoms with Gasteiger partial charge in [-0.25, -0.2) is 4.79 Å². The number of anilines is 1. The standard InChI is InChI=1S/C17H19N3O2/c21-17(19-14-5-2-1-3-6-14)20-12-4-7-16(13-20)22-15-8-10-18-11-9-15/h1-3,5-6,8-11,16H,4,7,12-13H2,(H,19,21)/t16-/m1/s1. The van der Waals surface area contributed by atoms with Gasteiger partial charge in [-0.3, -0.25) is 4.98 Å². The molecule has 0 spiro atoms. The monoisotopic (exact) mass is 297 g/mol. The number of urea groups is 1. The van der Waals surface area contributed by atoms with Crippen molar-refractivity contribution in [2.75, 3.05) is 18.4 Å². The summed E-state index contributed by atoms with van der Waals surface area (Å²) in [5.74, 6) is 0.797. The number of nitrogens with one attached hydrogen (secondary N) is 1. The molecule has 3 rings (SSSR count). The first-order valence-electron chi connectivity index (χ1n) is 7.49. The van der Waals surface area contributed by atoms with E-state index in [9.17, 15) is 4.79 Å². The van der Waals surface area contributed by atoms with Crippen molar-refractivity contribution < 1.29 is 9.53 Å². The molecule has 1 aromatic carbocycles. The number of nitrogens with zero attached hydrogens (tertiary/aromatic N) is 2. The molecule has 1 aliphatic rings. The van der Waals surface area contributed by atoms with Crippen LogP contribution in [0.15, 0.2) is 54.9 Å². The van der Waals surface area contributed by atoms with Crippen molar-refractivity contribution in [1.29, 1.82) is 0 Å². The normalized spacial score (nSPS) is 17.8. The number of hydrogen-bond donors (Lipinski definition) is 1. The highest BCUT2D eigenvalue weighted by Gasteiger charge is 2.24. The lowest BCUT2D eigenvalue weighted by Gasteiger charge is -2.32. The Morgan fingerprint density at radius 2 is 1.95 bits per heavy atom. The first-order valence-corrected chi connectivity index (χ1v) is 7.49. The van der Waals surface area contributed by atoms with Crippen LogP contribution in [0.4, 0.5) is 10.5 Å². The van der Waals surface area contributed by atoms with E-state index < -0.39 is 0 Å². The van der Waals surface area contributed by atoms with Gasteiger partial charge >= 0.3 is 6.03 Å². The van der Waals surface area contributed by atoms with Crippen molar-refractivity contribution in [3.8, 4) is 5.75 Å². The number of carbonyl (C=O) groups is 1. The fourth-order valence-electron chi connectivity index (χ4n) is 2.55. The van der Waals surface area contributed by atoms with Gasteiger partial charge in [-0.1, -0.05) is 18.2 Å². The maximum Gasteiger partial charge on any atom is 0.321 e. The van der Waals surface area contributed by atoms with Gasteiger partial charge in [0.2, 0.25) is 0 Å². The van der Waals surface area contributed by atoms with Gasteiger partial charge in [0.15, 0.2) is 0 Å². The summed E-state index contributed by atoms with van der Waals surface area (Å²) in [5.41, 5.74) is 0.810. The van der Waals surface area contributed by atoms with Crippen LogP contribution < -0.4 is 10.1 Å². The molecule has 2 heterocycles. The third-order valence-electron chi connectivity index (χ3n) is 3.64. The third kappa shape index (κ3) is 3.75. The highest BCUT2D eigenvalue weighted by atomic mass is 16.5. The summed E-state index contributed by atoms with van der Waals surface area (Å²) in [4.78, 5) is 18.1. The van der Waals surface area contributed by atoms with Crippen molar-refractivity contribution in [2.24, 2.45) is 0 Å². The number of para-hydroxylation sites is 1. The number of likely N-dealkylation sites (tertiary alicyclic amines) is 1. The average molecular weight is 297 g/mol. The molecule has 5 nitrogen and oxygen atoms in total. The van der Waals surface area contributed by atoms with E-state index in [0.717, 1.165) is 30.8 Å². The van der Waals surface area contributed by atoms with Crippen LogP contribution in [0.2, 0.25) is 0 Å². The fourth-order valence-corrected chi connectivity index (χ4v) is 2.55. The zero-order valence-corrected chi connectivity index (χ0v) is 12.3. The molecular formula is C17H19N3O2. The molecule has 0 bridgehead atoms. The summed E-state index contributed by atoms with van der Waals surface area (Å²) in [6.45, 7) is 1.36. The zero-order chi connectivity index (χ0) is 15.2. The lowest BCUT2D eigenvalue weighted by Crippen LogP contribution is -2.46. The summed E-state index contributed by atoms with van der Waals surface area (Å²) >= 11 is 0. The Hall–Kier alpha value is -2.56. The number of carbonyl (C=O) groups excluding carboxylic acids is 1. The van der Waals surface area contributed by atoms with E-state index in [4.69, 9.17) is 4.74 Å². The van der Waals surface area contributed by atoms with Crippen LogP contribution in [0.3, 0.4) is 0 Å². The second-order valence-corrected chi connectivity index (χ2v) is 5.31. The van der Waals surface area contributed by atoms with Crippen LogP contribution >= 0.6 is 0 Å². The van der Waals surface area contributed by atoms with Gasteiger partial charge in [0, 0.05) is 24.6 Å². The van der Waals surface area contributed by atoms with Gasteiger partial charge in [-0.05, 0) is 37.1 Å². The van der Waals surface area contributed by atoms with Gasteiger partial charge in [-0.15, -0.1) is 0 Å². The Kier molecular flexibility index (Phi) is 4.53. The van der Waals surface area contributed by atoms with E-state index in [1.165, 1.54) is 0 Å². The van der Waals surface area contributed by atoms with Crippen LogP contribution in [0.1, 0.15) is 12.8 Å². The highest BCUT2D eigenvalue weighted by molar-refractivity contribution is 5.89. The molecule has 1 N–H and O–H groups in total. The fraction of sp³-hybridized carbons (Fsp3) is 0.294. The van der Waals surface area contributed by atoms with Gasteiger partial charge in [0.05, 0.1) is 6.54 Å². The van der Waals surface area contributed by atoms with Crippen LogP contribution in [0.25, 0.3) is 0 Å². The first kappa shape index (κ1) is 14.4. The van der Waals surface area contributed by atoms with E-state index in [0.29, 0.717) is 6.54 Å². The number of hydrogen-bond acceptors (Lipinski definition) is 3. The van der Waals surface area contributed by atoms with E-state index in [2.05, 4.69) is 10.3 Å². The van der Waals surface area contributed by atoms with Crippen LogP contribution in [-0.4, -0.2) is 35.1 Å². The minimum absolute atomic E-state index is 0.0256. The summed E-state index contributed by atoms with van der Waals surface area (Å²) in [6, 6.07) is 13.1. The number of piperidine rings is 1. The molecule has 1 fully saturated rings. The van der Waals surface area contributed by atoms with E-state index >= 15 is 0 Å². The maximum absolute atomic E-state index is 12.3. The van der Waals surface area contributed by atoms with Crippen molar-refractivity contribution in [3.63, 3.8) is 0 Å². The van der Waals surface area contributed by atoms with E-state index in [1.807, 2.05) is 47.4 Å². The number of rotatable bonds is 3. The molecule has 0 radical (unpaired) electrons. The van der Waals surface area contributed by atoms with Crippen molar-refractivity contribution in [2.45, 2.75) is 18.9 Å². The summed E-state index contributed by atoms with van der Waals surface area (Å²) in [6.07, 6.45) is 5.34. The number of benzene rings is 1. The molecular weight excluding hydrogens is 278 g/mol. The molecule has 0 aliphatic carbocycles. The zero-order valence-electron chi connectivity index (χ0n) is 12.3. The van der Waals surface area contributed by atoms with Gasteiger partial charge in [0.25, 0.3) is 0 Å². The topological polar surface area (TPSA) is 54.5 Å². The van der Waals surface area contributed by atoms with Crippen molar-refractivity contribution in [3.05, 3.63) is 54.9 Å². The van der Waals surface area contributed by atoms with Crippen LogP contribution in [-0.2, 0) is 0 Å². The predicted octanol–water partition coefficient (Wildman–Crippen LogP) is 3.16. The summed E-state index contributed by atoms with van der Waals surface area (Å²) in [7, 11) is 0. The quantitative estimate of drug-likeness (QED) is 0.947. The SMILES string of the molecule is O=C(Nc1ccccc1)N1CCC[C@@H](Oc2ccncc2)C1. The van der Waals surface area contributed by atoms with Gasteiger partial charge in [0.1, 0.15) is 11.9 Å². The molecule has 1 saturated heterocycles. The number of amides is 2. The number of aromatic nitrogens is 1. The Labute approximate surface area is 129 Å². The third-order valence-corrected chi connectivity index (χ3v) is 3.64. The first-order chi connectivity index (χ1) is 10.8. The predicted molar refractivity (Wildman–Crippen MR) is 84.9 cm³/mol. The Morgan fingerprint density at radius 3 is 2.73 bits per heavy atom. The molecule has 1 atom stereocenters. The molecule has 1 aromatic heterocycles. The lowest BCUT2D eigenvalue weighted by molar-refractivity contribution is 0.106. The smallest absolute Gasteiger partial charge is 0.321 e. The molecule has 2 aromatic rings. The largest absolute Gasteiger partial charge is 0.488 e. The maximum atomic E-state index is 12.3. The molecule has 5 heteroatoms. The second kappa shape index (κ2) is 6.93. The summed E-state index contributed by atoms with van der Waals surface area (Å²) < 4.78 is 5.92. The second-order valence-electron chi connectivity index (χ2n) is 5.31. The van der Waals surface area contributed by atoms with Gasteiger partial charge in [-0.2, -0.15) is 0 Å². The highest BCUT2D eigenvalue weighted by Crippen LogP contribution is 2.18. The van der Waals surface area contributed by atoms with Crippen LogP contribution in [0.5, 0.6) is 5.75 Å². The molecule has 1 aliphatic heterocycles. The average Bonchev–Trinajstić information content (AvgIpc) is 2.57. The molecule has 0 unspecified atom stereocenters. The Bertz CT molecular complexity index is 604. The molecule has 0 saturated carbocycles. The number of ether oxygens (including phenoxy) is 1. The minimum atomic E-state index is -0.0748. The summed E-state index contributed by atoms with van der Waals surface area (Å²) in [5, 5.41) is 2.92. The molecule has 22 heavy (non-hydrogen) atoms. The van der Waals surface area contributed by atoms with Gasteiger partial charge < -0.3 is 15.0 Å². The molecule has 2 amide bonds. The molecule has 114 valence electrons. The van der Waals surface area contributed by atoms with Crippen molar-refractivity contribution >= 4 is 11.7 Å². The Morgan fingerprint density at radius 1 is 1.18 bits per heavy atom. The lowest BCUT2D eigenvalue weighted by atomic mass is 10.1. The van der Waals surface area contributed by atoms with E-state index in [1.54, 1.807) is 12.4 Å². The Balaban J connectivity index is 1.57. The number of pyridine rings is 1.